The van der Waals surface area contributed by atoms with Crippen molar-refractivity contribution < 1.29 is 13.5 Å². The predicted molar refractivity (Wildman–Crippen MR) is 126 cm³/mol. The molecule has 0 atom stereocenters. The molecule has 0 unspecified atom stereocenters. The molecule has 3 heteroatoms. The van der Waals surface area contributed by atoms with Gasteiger partial charge in [-0.2, -0.15) is 0 Å². The van der Waals surface area contributed by atoms with Crippen LogP contribution in [0.3, 0.4) is 0 Å². The molecule has 160 valence electrons. The summed E-state index contributed by atoms with van der Waals surface area (Å²) in [7, 11) is 0. The van der Waals surface area contributed by atoms with Crippen molar-refractivity contribution in [1.29, 1.82) is 0 Å². The second kappa shape index (κ2) is 10.1. The molecule has 0 amide bonds. The standard InChI is InChI=1S/C29H24F2O/c1-2-32-27-18-12-22(13-19-27)28(20-21-8-14-25(30)15-9-21)29(23-6-4-3-5-7-23)24-10-16-26(31)17-11-24/h3-19H,2,20H2,1H3/b29-28-. The maximum Gasteiger partial charge on any atom is 0.123 e. The highest BCUT2D eigenvalue weighted by molar-refractivity contribution is 5.99. The largest absolute Gasteiger partial charge is 0.494 e. The monoisotopic (exact) mass is 426 g/mol. The molecular formula is C29H24F2O. The molecule has 0 aliphatic rings. The van der Waals surface area contributed by atoms with E-state index in [1.807, 2.05) is 49.4 Å². The van der Waals surface area contributed by atoms with Crippen molar-refractivity contribution in [3.05, 3.63) is 137 Å². The summed E-state index contributed by atoms with van der Waals surface area (Å²) in [6.07, 6.45) is 0.593. The molecule has 0 aliphatic carbocycles. The van der Waals surface area contributed by atoms with Crippen molar-refractivity contribution >= 4 is 11.1 Å². The lowest BCUT2D eigenvalue weighted by Gasteiger charge is -2.18. The lowest BCUT2D eigenvalue weighted by molar-refractivity contribution is 0.340. The number of hydrogen-bond acceptors (Lipinski definition) is 1. The highest BCUT2D eigenvalue weighted by Crippen LogP contribution is 2.35. The molecule has 0 fully saturated rings. The van der Waals surface area contributed by atoms with Crippen LogP contribution in [0, 0.1) is 11.6 Å². The van der Waals surface area contributed by atoms with Gasteiger partial charge >= 0.3 is 0 Å². The summed E-state index contributed by atoms with van der Waals surface area (Å²) >= 11 is 0. The van der Waals surface area contributed by atoms with Gasteiger partial charge in [-0.05, 0) is 83.1 Å². The Morgan fingerprint density at radius 2 is 1.16 bits per heavy atom. The lowest BCUT2D eigenvalue weighted by atomic mass is 9.86. The number of benzene rings is 4. The summed E-state index contributed by atoms with van der Waals surface area (Å²) in [5, 5.41) is 0. The second-order valence-corrected chi connectivity index (χ2v) is 7.49. The first-order chi connectivity index (χ1) is 15.6. The third-order valence-electron chi connectivity index (χ3n) is 5.31. The SMILES string of the molecule is CCOc1ccc(/C(Cc2ccc(F)cc2)=C(/c2ccccc2)c2ccc(F)cc2)cc1. The smallest absolute Gasteiger partial charge is 0.123 e. The van der Waals surface area contributed by atoms with Crippen LogP contribution in [0.5, 0.6) is 5.75 Å². The van der Waals surface area contributed by atoms with Crippen molar-refractivity contribution in [2.24, 2.45) is 0 Å². The van der Waals surface area contributed by atoms with E-state index in [0.717, 1.165) is 39.1 Å². The van der Waals surface area contributed by atoms with Gasteiger partial charge in [0.2, 0.25) is 0 Å². The van der Waals surface area contributed by atoms with Gasteiger partial charge in [0, 0.05) is 0 Å². The molecule has 0 bridgehead atoms. The summed E-state index contributed by atoms with van der Waals surface area (Å²) < 4.78 is 32.9. The molecule has 0 spiro atoms. The van der Waals surface area contributed by atoms with Crippen LogP contribution in [0.2, 0.25) is 0 Å². The van der Waals surface area contributed by atoms with E-state index in [1.54, 1.807) is 24.3 Å². The van der Waals surface area contributed by atoms with Crippen molar-refractivity contribution in [2.45, 2.75) is 13.3 Å². The first-order valence-corrected chi connectivity index (χ1v) is 10.7. The predicted octanol–water partition coefficient (Wildman–Crippen LogP) is 7.57. The van der Waals surface area contributed by atoms with Crippen LogP contribution in [0.15, 0.2) is 103 Å². The summed E-state index contributed by atoms with van der Waals surface area (Å²) in [6.45, 7) is 2.55. The molecule has 4 aromatic rings. The van der Waals surface area contributed by atoms with Crippen molar-refractivity contribution in [1.82, 2.24) is 0 Å². The summed E-state index contributed by atoms with van der Waals surface area (Å²) in [5.74, 6) is 0.268. The van der Waals surface area contributed by atoms with Gasteiger partial charge in [0.1, 0.15) is 17.4 Å². The molecule has 0 aliphatic heterocycles. The Morgan fingerprint density at radius 3 is 1.75 bits per heavy atom. The quantitative estimate of drug-likeness (QED) is 0.277. The van der Waals surface area contributed by atoms with Gasteiger partial charge in [-0.1, -0.05) is 66.7 Å². The van der Waals surface area contributed by atoms with E-state index < -0.39 is 0 Å². The molecule has 0 aromatic heterocycles. The average molecular weight is 427 g/mol. The maximum absolute atomic E-state index is 13.7. The summed E-state index contributed by atoms with van der Waals surface area (Å²) in [5.41, 5.74) is 6.05. The minimum atomic E-state index is -0.276. The second-order valence-electron chi connectivity index (χ2n) is 7.49. The molecule has 0 N–H and O–H groups in total. The fourth-order valence-corrected chi connectivity index (χ4v) is 3.80. The molecule has 0 saturated heterocycles. The van der Waals surface area contributed by atoms with Gasteiger partial charge in [-0.15, -0.1) is 0 Å². The molecule has 0 radical (unpaired) electrons. The molecule has 4 aromatic carbocycles. The Bertz CT molecular complexity index is 1180. The van der Waals surface area contributed by atoms with Crippen molar-refractivity contribution in [3.8, 4) is 5.75 Å². The highest BCUT2D eigenvalue weighted by Gasteiger charge is 2.15. The summed E-state index contributed by atoms with van der Waals surface area (Å²) in [4.78, 5) is 0. The van der Waals surface area contributed by atoms with Gasteiger partial charge in [0.15, 0.2) is 0 Å². The van der Waals surface area contributed by atoms with Crippen LogP contribution in [0.25, 0.3) is 11.1 Å². The Morgan fingerprint density at radius 1 is 0.625 bits per heavy atom. The molecule has 0 heterocycles. The van der Waals surface area contributed by atoms with E-state index >= 15 is 0 Å². The van der Waals surface area contributed by atoms with Crippen LogP contribution in [0.1, 0.15) is 29.2 Å². The normalized spacial score (nSPS) is 11.7. The number of allylic oxidation sites excluding steroid dienone is 1. The third-order valence-corrected chi connectivity index (χ3v) is 5.31. The van der Waals surface area contributed by atoms with E-state index in [4.69, 9.17) is 4.74 Å². The first kappa shape index (κ1) is 21.5. The van der Waals surface area contributed by atoms with Gasteiger partial charge in [-0.25, -0.2) is 8.78 Å². The van der Waals surface area contributed by atoms with Crippen LogP contribution < -0.4 is 4.74 Å². The fraction of sp³-hybridized carbons (Fsp3) is 0.103. The molecule has 0 saturated carbocycles. The first-order valence-electron chi connectivity index (χ1n) is 10.7. The average Bonchev–Trinajstić information content (AvgIpc) is 2.83. The molecule has 1 nitrogen and oxygen atoms in total. The van der Waals surface area contributed by atoms with Crippen LogP contribution in [0.4, 0.5) is 8.78 Å². The topological polar surface area (TPSA) is 9.23 Å². The van der Waals surface area contributed by atoms with E-state index in [9.17, 15) is 8.78 Å². The fourth-order valence-electron chi connectivity index (χ4n) is 3.80. The molecule has 4 rings (SSSR count). The highest BCUT2D eigenvalue weighted by atomic mass is 19.1. The number of hydrogen-bond donors (Lipinski definition) is 0. The van der Waals surface area contributed by atoms with E-state index in [0.29, 0.717) is 13.0 Å². The van der Waals surface area contributed by atoms with Crippen LogP contribution in [-0.2, 0) is 6.42 Å². The third kappa shape index (κ3) is 5.12. The Hall–Kier alpha value is -3.72. The maximum atomic E-state index is 13.7. The van der Waals surface area contributed by atoms with E-state index in [1.165, 1.54) is 24.3 Å². The molecular weight excluding hydrogens is 402 g/mol. The zero-order chi connectivity index (χ0) is 22.3. The number of rotatable bonds is 7. The Kier molecular flexibility index (Phi) is 6.76. The van der Waals surface area contributed by atoms with Gasteiger partial charge in [0.25, 0.3) is 0 Å². The zero-order valence-electron chi connectivity index (χ0n) is 17.9. The van der Waals surface area contributed by atoms with E-state index in [2.05, 4.69) is 12.1 Å². The Balaban J connectivity index is 1.93. The zero-order valence-corrected chi connectivity index (χ0v) is 17.9. The van der Waals surface area contributed by atoms with Crippen LogP contribution >= 0.6 is 0 Å². The van der Waals surface area contributed by atoms with Gasteiger partial charge in [-0.3, -0.25) is 0 Å². The number of halogens is 2. The number of ether oxygens (including phenoxy) is 1. The van der Waals surface area contributed by atoms with Gasteiger partial charge < -0.3 is 4.74 Å². The van der Waals surface area contributed by atoms with Crippen LogP contribution in [-0.4, -0.2) is 6.61 Å². The molecule has 32 heavy (non-hydrogen) atoms. The van der Waals surface area contributed by atoms with Crippen molar-refractivity contribution in [2.75, 3.05) is 6.61 Å². The van der Waals surface area contributed by atoms with E-state index in [-0.39, 0.29) is 11.6 Å². The van der Waals surface area contributed by atoms with Crippen molar-refractivity contribution in [3.63, 3.8) is 0 Å². The van der Waals surface area contributed by atoms with Gasteiger partial charge in [0.05, 0.1) is 6.61 Å². The minimum Gasteiger partial charge on any atom is -0.494 e. The summed E-state index contributed by atoms with van der Waals surface area (Å²) in [6, 6.07) is 31.2. The minimum absolute atomic E-state index is 0.262. The lowest BCUT2D eigenvalue weighted by Crippen LogP contribution is -2.00. The Labute approximate surface area is 187 Å².